The SMILES string of the molecule is COCCNCc1ccc(N2CCS(=O)CC2)cc1C. The Morgan fingerprint density at radius 3 is 2.75 bits per heavy atom. The Morgan fingerprint density at radius 1 is 1.35 bits per heavy atom. The largest absolute Gasteiger partial charge is 0.383 e. The predicted molar refractivity (Wildman–Crippen MR) is 84.9 cm³/mol. The Hall–Kier alpha value is -0.910. The van der Waals surface area contributed by atoms with Crippen LogP contribution in [-0.4, -0.2) is 49.1 Å². The molecule has 1 N–H and O–H groups in total. The van der Waals surface area contributed by atoms with Gasteiger partial charge in [0.05, 0.1) is 6.61 Å². The van der Waals surface area contributed by atoms with Crippen LogP contribution in [0.5, 0.6) is 0 Å². The van der Waals surface area contributed by atoms with E-state index < -0.39 is 10.8 Å². The molecule has 1 aromatic carbocycles. The van der Waals surface area contributed by atoms with Gasteiger partial charge < -0.3 is 15.0 Å². The van der Waals surface area contributed by atoms with E-state index in [1.165, 1.54) is 16.8 Å². The standard InChI is InChI=1S/C15H24N2O2S/c1-13-11-15(17-6-9-20(18)10-7-17)4-3-14(13)12-16-5-8-19-2/h3-4,11,16H,5-10,12H2,1-2H3. The van der Waals surface area contributed by atoms with E-state index in [1.54, 1.807) is 7.11 Å². The summed E-state index contributed by atoms with van der Waals surface area (Å²) in [5.41, 5.74) is 3.88. The molecule has 0 atom stereocenters. The van der Waals surface area contributed by atoms with Crippen LogP contribution in [0.4, 0.5) is 5.69 Å². The van der Waals surface area contributed by atoms with E-state index in [2.05, 4.69) is 35.3 Å². The smallest absolute Gasteiger partial charge is 0.0587 e. The second-order valence-electron chi connectivity index (χ2n) is 5.12. The van der Waals surface area contributed by atoms with Crippen LogP contribution in [0.15, 0.2) is 18.2 Å². The Labute approximate surface area is 124 Å². The average Bonchev–Trinajstić information content (AvgIpc) is 2.46. The van der Waals surface area contributed by atoms with Gasteiger partial charge in [-0.3, -0.25) is 4.21 Å². The molecule has 1 aromatic rings. The highest BCUT2D eigenvalue weighted by Gasteiger charge is 2.15. The molecule has 0 bridgehead atoms. The third kappa shape index (κ3) is 4.30. The summed E-state index contributed by atoms with van der Waals surface area (Å²) in [5.74, 6) is 1.58. The molecule has 20 heavy (non-hydrogen) atoms. The van der Waals surface area contributed by atoms with Crippen molar-refractivity contribution >= 4 is 16.5 Å². The number of nitrogens with one attached hydrogen (secondary N) is 1. The van der Waals surface area contributed by atoms with Crippen molar-refractivity contribution in [3.05, 3.63) is 29.3 Å². The van der Waals surface area contributed by atoms with Gasteiger partial charge in [0.25, 0.3) is 0 Å². The number of anilines is 1. The van der Waals surface area contributed by atoms with E-state index in [0.717, 1.165) is 44.3 Å². The molecule has 0 spiro atoms. The summed E-state index contributed by atoms with van der Waals surface area (Å²) in [7, 11) is 1.10. The minimum absolute atomic E-state index is 0.614. The van der Waals surface area contributed by atoms with Gasteiger partial charge in [-0.25, -0.2) is 0 Å². The van der Waals surface area contributed by atoms with Gasteiger partial charge in [-0.1, -0.05) is 6.07 Å². The van der Waals surface area contributed by atoms with E-state index in [-0.39, 0.29) is 0 Å². The van der Waals surface area contributed by atoms with Gasteiger partial charge in [-0.15, -0.1) is 0 Å². The topological polar surface area (TPSA) is 41.6 Å². The zero-order valence-electron chi connectivity index (χ0n) is 12.4. The van der Waals surface area contributed by atoms with Gasteiger partial charge in [0.1, 0.15) is 0 Å². The second-order valence-corrected chi connectivity index (χ2v) is 6.81. The van der Waals surface area contributed by atoms with Crippen LogP contribution in [0.2, 0.25) is 0 Å². The minimum atomic E-state index is -0.614. The number of hydrogen-bond donors (Lipinski definition) is 1. The number of nitrogens with zero attached hydrogens (tertiary/aromatic N) is 1. The van der Waals surface area contributed by atoms with Crippen LogP contribution in [0.25, 0.3) is 0 Å². The molecule has 0 saturated carbocycles. The van der Waals surface area contributed by atoms with Crippen molar-refractivity contribution in [1.29, 1.82) is 0 Å². The quantitative estimate of drug-likeness (QED) is 0.804. The lowest BCUT2D eigenvalue weighted by Gasteiger charge is -2.29. The molecule has 0 radical (unpaired) electrons. The van der Waals surface area contributed by atoms with E-state index in [1.807, 2.05) is 0 Å². The third-order valence-corrected chi connectivity index (χ3v) is 4.94. The third-order valence-electron chi connectivity index (χ3n) is 3.67. The highest BCUT2D eigenvalue weighted by molar-refractivity contribution is 7.85. The molecule has 1 saturated heterocycles. The van der Waals surface area contributed by atoms with E-state index in [9.17, 15) is 4.21 Å². The van der Waals surface area contributed by atoms with Crippen LogP contribution < -0.4 is 10.2 Å². The maximum atomic E-state index is 11.4. The lowest BCUT2D eigenvalue weighted by Crippen LogP contribution is -2.37. The van der Waals surface area contributed by atoms with Crippen molar-refractivity contribution in [1.82, 2.24) is 5.32 Å². The Kier molecular flexibility index (Phi) is 6.01. The molecule has 1 fully saturated rings. The van der Waals surface area contributed by atoms with Gasteiger partial charge in [0.2, 0.25) is 0 Å². The first-order valence-corrected chi connectivity index (χ1v) is 8.58. The van der Waals surface area contributed by atoms with Gasteiger partial charge in [-0.2, -0.15) is 0 Å². The summed E-state index contributed by atoms with van der Waals surface area (Å²) in [6, 6.07) is 6.60. The Bertz CT molecular complexity index is 455. The first-order chi connectivity index (χ1) is 9.70. The maximum Gasteiger partial charge on any atom is 0.0587 e. The number of rotatable bonds is 6. The normalized spacial score (nSPS) is 16.6. The summed E-state index contributed by atoms with van der Waals surface area (Å²) < 4.78 is 16.4. The van der Waals surface area contributed by atoms with E-state index in [0.29, 0.717) is 0 Å². The molecular weight excluding hydrogens is 272 g/mol. The lowest BCUT2D eigenvalue weighted by atomic mass is 10.1. The van der Waals surface area contributed by atoms with Crippen molar-refractivity contribution < 1.29 is 8.95 Å². The molecule has 5 heteroatoms. The molecule has 0 amide bonds. The highest BCUT2D eigenvalue weighted by atomic mass is 32.2. The minimum Gasteiger partial charge on any atom is -0.383 e. The number of aryl methyl sites for hydroxylation is 1. The Morgan fingerprint density at radius 2 is 2.10 bits per heavy atom. The molecular formula is C15H24N2O2S. The van der Waals surface area contributed by atoms with Gasteiger partial charge >= 0.3 is 0 Å². The molecule has 4 nitrogen and oxygen atoms in total. The predicted octanol–water partition coefficient (Wildman–Crippen LogP) is 1.30. The fourth-order valence-electron chi connectivity index (χ4n) is 2.37. The molecule has 0 unspecified atom stereocenters. The second kappa shape index (κ2) is 7.76. The van der Waals surface area contributed by atoms with Gasteiger partial charge in [0, 0.05) is 61.3 Å². The molecule has 0 aromatic heterocycles. The fraction of sp³-hybridized carbons (Fsp3) is 0.600. The summed E-state index contributed by atoms with van der Waals surface area (Å²) >= 11 is 0. The maximum absolute atomic E-state index is 11.4. The van der Waals surface area contributed by atoms with Crippen LogP contribution in [-0.2, 0) is 22.1 Å². The first kappa shape index (κ1) is 15.5. The van der Waals surface area contributed by atoms with Crippen LogP contribution in [0.1, 0.15) is 11.1 Å². The van der Waals surface area contributed by atoms with Crippen molar-refractivity contribution in [2.45, 2.75) is 13.5 Å². The molecule has 2 rings (SSSR count). The Balaban J connectivity index is 1.93. The summed E-state index contributed by atoms with van der Waals surface area (Å²) in [4.78, 5) is 2.33. The van der Waals surface area contributed by atoms with Gasteiger partial charge in [0.15, 0.2) is 0 Å². The number of ether oxygens (including phenoxy) is 1. The van der Waals surface area contributed by atoms with Crippen molar-refractivity contribution in [2.75, 3.05) is 49.8 Å². The highest BCUT2D eigenvalue weighted by Crippen LogP contribution is 2.20. The van der Waals surface area contributed by atoms with Gasteiger partial charge in [-0.05, 0) is 30.2 Å². The number of benzene rings is 1. The molecule has 0 aliphatic carbocycles. The van der Waals surface area contributed by atoms with Crippen LogP contribution in [0, 0.1) is 6.92 Å². The molecule has 1 heterocycles. The van der Waals surface area contributed by atoms with Crippen LogP contribution in [0.3, 0.4) is 0 Å². The van der Waals surface area contributed by atoms with E-state index >= 15 is 0 Å². The molecule has 112 valence electrons. The van der Waals surface area contributed by atoms with Crippen LogP contribution >= 0.6 is 0 Å². The van der Waals surface area contributed by atoms with Crippen molar-refractivity contribution in [2.24, 2.45) is 0 Å². The summed E-state index contributed by atoms with van der Waals surface area (Å²) in [5, 5.41) is 3.37. The zero-order valence-corrected chi connectivity index (χ0v) is 13.2. The fourth-order valence-corrected chi connectivity index (χ4v) is 3.42. The zero-order chi connectivity index (χ0) is 14.4. The lowest BCUT2D eigenvalue weighted by molar-refractivity contribution is 0.199. The van der Waals surface area contributed by atoms with E-state index in [4.69, 9.17) is 4.74 Å². The van der Waals surface area contributed by atoms with Crippen molar-refractivity contribution in [3.63, 3.8) is 0 Å². The number of hydrogen-bond acceptors (Lipinski definition) is 4. The first-order valence-electron chi connectivity index (χ1n) is 7.10. The van der Waals surface area contributed by atoms with Crippen molar-refractivity contribution in [3.8, 4) is 0 Å². The summed E-state index contributed by atoms with van der Waals surface area (Å²) in [6.07, 6.45) is 0. The molecule has 1 aliphatic heterocycles. The monoisotopic (exact) mass is 296 g/mol. The summed E-state index contributed by atoms with van der Waals surface area (Å²) in [6.45, 7) is 6.44. The number of methoxy groups -OCH3 is 1. The average molecular weight is 296 g/mol. The molecule has 1 aliphatic rings.